The second kappa shape index (κ2) is 7.76. The minimum atomic E-state index is -0.378. The second-order valence-corrected chi connectivity index (χ2v) is 6.41. The van der Waals surface area contributed by atoms with E-state index in [-0.39, 0.29) is 22.5 Å². The van der Waals surface area contributed by atoms with Crippen molar-refractivity contribution >= 4 is 29.0 Å². The van der Waals surface area contributed by atoms with E-state index in [4.69, 9.17) is 16.3 Å². The highest BCUT2D eigenvalue weighted by molar-refractivity contribution is 6.34. The number of carbonyl (C=O) groups excluding carboxylic acids is 1. The molecule has 1 saturated heterocycles. The molecule has 25 heavy (non-hydrogen) atoms. The Morgan fingerprint density at radius 2 is 2.08 bits per heavy atom. The number of nitrogens with one attached hydrogen (secondary N) is 1. The zero-order valence-electron chi connectivity index (χ0n) is 14.2. The first-order valence-corrected chi connectivity index (χ1v) is 8.55. The van der Waals surface area contributed by atoms with Gasteiger partial charge in [-0.25, -0.2) is 15.0 Å². The quantitative estimate of drug-likeness (QED) is 0.901. The van der Waals surface area contributed by atoms with Gasteiger partial charge in [0.2, 0.25) is 0 Å². The number of aromatic nitrogens is 3. The Balaban J connectivity index is 1.85. The van der Waals surface area contributed by atoms with Crippen LogP contribution in [-0.2, 0) is 4.74 Å². The highest BCUT2D eigenvalue weighted by Gasteiger charge is 2.20. The van der Waals surface area contributed by atoms with Gasteiger partial charge in [0.25, 0.3) is 5.91 Å². The molecule has 0 aromatic carbocycles. The van der Waals surface area contributed by atoms with E-state index < -0.39 is 0 Å². The van der Waals surface area contributed by atoms with E-state index in [0.717, 1.165) is 13.1 Å². The fourth-order valence-electron chi connectivity index (χ4n) is 2.52. The van der Waals surface area contributed by atoms with Crippen LogP contribution in [0, 0.1) is 0 Å². The average molecular weight is 362 g/mol. The number of pyridine rings is 1. The lowest BCUT2D eigenvalue weighted by molar-refractivity contribution is 0.102. The minimum Gasteiger partial charge on any atom is -0.378 e. The van der Waals surface area contributed by atoms with E-state index in [1.165, 1.54) is 6.20 Å². The van der Waals surface area contributed by atoms with E-state index in [1.807, 2.05) is 19.9 Å². The van der Waals surface area contributed by atoms with Crippen molar-refractivity contribution < 1.29 is 9.53 Å². The Bertz CT molecular complexity index is 762. The third-order valence-electron chi connectivity index (χ3n) is 3.84. The van der Waals surface area contributed by atoms with Crippen molar-refractivity contribution in [1.82, 2.24) is 15.0 Å². The maximum absolute atomic E-state index is 12.7. The third kappa shape index (κ3) is 4.05. The van der Waals surface area contributed by atoms with Crippen LogP contribution < -0.4 is 10.2 Å². The molecule has 0 radical (unpaired) electrons. The van der Waals surface area contributed by atoms with Gasteiger partial charge in [0, 0.05) is 25.2 Å². The summed E-state index contributed by atoms with van der Waals surface area (Å²) in [4.78, 5) is 27.6. The van der Waals surface area contributed by atoms with Gasteiger partial charge in [-0.2, -0.15) is 0 Å². The molecule has 2 aromatic heterocycles. The van der Waals surface area contributed by atoms with Crippen LogP contribution in [0.2, 0.25) is 5.02 Å². The lowest BCUT2D eigenvalue weighted by Gasteiger charge is -2.29. The van der Waals surface area contributed by atoms with Crippen LogP contribution in [0.15, 0.2) is 24.5 Å². The molecule has 3 heterocycles. The molecular formula is C17H20ClN5O2. The Hall–Kier alpha value is -2.25. The number of nitrogens with zero attached hydrogens (tertiary/aromatic N) is 4. The van der Waals surface area contributed by atoms with Crippen molar-refractivity contribution in [2.75, 3.05) is 36.5 Å². The first kappa shape index (κ1) is 17.6. The summed E-state index contributed by atoms with van der Waals surface area (Å²) in [6.45, 7) is 6.65. The summed E-state index contributed by atoms with van der Waals surface area (Å²) in [5.74, 6) is 1.02. The van der Waals surface area contributed by atoms with Crippen molar-refractivity contribution in [3.8, 4) is 0 Å². The van der Waals surface area contributed by atoms with E-state index in [2.05, 4.69) is 25.2 Å². The van der Waals surface area contributed by atoms with E-state index in [0.29, 0.717) is 30.5 Å². The summed E-state index contributed by atoms with van der Waals surface area (Å²) in [6, 6.07) is 3.59. The van der Waals surface area contributed by atoms with Crippen LogP contribution >= 0.6 is 11.6 Å². The molecule has 0 spiro atoms. The zero-order chi connectivity index (χ0) is 17.8. The lowest BCUT2D eigenvalue weighted by Crippen LogP contribution is -2.37. The molecule has 2 aromatic rings. The molecule has 8 heteroatoms. The minimum absolute atomic E-state index is 0.103. The van der Waals surface area contributed by atoms with Gasteiger partial charge in [0.15, 0.2) is 11.5 Å². The van der Waals surface area contributed by atoms with Gasteiger partial charge in [-0.05, 0) is 12.1 Å². The molecular weight excluding hydrogens is 342 g/mol. The standard InChI is InChI=1S/C17H20ClN5O2/c1-11(2)15-20-10-12(18)14(22-15)17(24)21-13-4-3-5-19-16(13)23-6-8-25-9-7-23/h3-5,10-11H,6-9H2,1-2H3,(H,21,24). The number of ether oxygens (including phenoxy) is 1. The van der Waals surface area contributed by atoms with Crippen molar-refractivity contribution in [3.63, 3.8) is 0 Å². The van der Waals surface area contributed by atoms with Crippen LogP contribution in [0.25, 0.3) is 0 Å². The predicted molar refractivity (Wildman–Crippen MR) is 96.4 cm³/mol. The lowest BCUT2D eigenvalue weighted by atomic mass is 10.2. The summed E-state index contributed by atoms with van der Waals surface area (Å²) in [5.41, 5.74) is 0.785. The number of carbonyl (C=O) groups is 1. The molecule has 1 amide bonds. The maximum atomic E-state index is 12.7. The number of rotatable bonds is 4. The molecule has 0 saturated carbocycles. The molecule has 7 nitrogen and oxygen atoms in total. The zero-order valence-corrected chi connectivity index (χ0v) is 15.0. The van der Waals surface area contributed by atoms with Gasteiger partial charge in [-0.3, -0.25) is 4.79 Å². The monoisotopic (exact) mass is 361 g/mol. The van der Waals surface area contributed by atoms with Crippen LogP contribution in [0.5, 0.6) is 0 Å². The van der Waals surface area contributed by atoms with Gasteiger partial charge in [-0.15, -0.1) is 0 Å². The molecule has 0 unspecified atom stereocenters. The first-order valence-electron chi connectivity index (χ1n) is 8.17. The van der Waals surface area contributed by atoms with Crippen molar-refractivity contribution in [2.45, 2.75) is 19.8 Å². The van der Waals surface area contributed by atoms with Crippen LogP contribution in [0.3, 0.4) is 0 Å². The number of halogens is 1. The van der Waals surface area contributed by atoms with Crippen molar-refractivity contribution in [1.29, 1.82) is 0 Å². The summed E-state index contributed by atoms with van der Waals surface area (Å²) >= 11 is 6.12. The van der Waals surface area contributed by atoms with E-state index >= 15 is 0 Å². The molecule has 1 fully saturated rings. The maximum Gasteiger partial charge on any atom is 0.276 e. The molecule has 1 aliphatic rings. The molecule has 0 bridgehead atoms. The summed E-state index contributed by atoms with van der Waals surface area (Å²) in [7, 11) is 0. The summed E-state index contributed by atoms with van der Waals surface area (Å²) < 4.78 is 5.37. The largest absolute Gasteiger partial charge is 0.378 e. The van der Waals surface area contributed by atoms with Gasteiger partial charge >= 0.3 is 0 Å². The fraction of sp³-hybridized carbons (Fsp3) is 0.412. The van der Waals surface area contributed by atoms with Crippen LogP contribution in [0.4, 0.5) is 11.5 Å². The molecule has 0 aliphatic carbocycles. The highest BCUT2D eigenvalue weighted by atomic mass is 35.5. The Morgan fingerprint density at radius 3 is 2.80 bits per heavy atom. The van der Waals surface area contributed by atoms with Gasteiger partial charge in [0.1, 0.15) is 5.82 Å². The third-order valence-corrected chi connectivity index (χ3v) is 4.12. The topological polar surface area (TPSA) is 80.2 Å². The first-order chi connectivity index (χ1) is 12.1. The van der Waals surface area contributed by atoms with Crippen molar-refractivity contribution in [3.05, 3.63) is 41.1 Å². The second-order valence-electron chi connectivity index (χ2n) is 6.01. The molecule has 3 rings (SSSR count). The van der Waals surface area contributed by atoms with Crippen LogP contribution in [-0.4, -0.2) is 47.2 Å². The Kier molecular flexibility index (Phi) is 5.45. The van der Waals surface area contributed by atoms with Crippen molar-refractivity contribution in [2.24, 2.45) is 0 Å². The molecule has 0 atom stereocenters. The van der Waals surface area contributed by atoms with E-state index in [1.54, 1.807) is 12.3 Å². The van der Waals surface area contributed by atoms with E-state index in [9.17, 15) is 4.79 Å². The SMILES string of the molecule is CC(C)c1ncc(Cl)c(C(=O)Nc2cccnc2N2CCOCC2)n1. The highest BCUT2D eigenvalue weighted by Crippen LogP contribution is 2.25. The van der Waals surface area contributed by atoms with Gasteiger partial charge < -0.3 is 15.0 Å². The van der Waals surface area contributed by atoms with Gasteiger partial charge in [0.05, 0.1) is 30.1 Å². The normalized spacial score (nSPS) is 14.6. The predicted octanol–water partition coefficient (Wildman–Crippen LogP) is 2.74. The molecule has 132 valence electrons. The number of amides is 1. The smallest absolute Gasteiger partial charge is 0.276 e. The fourth-order valence-corrected chi connectivity index (χ4v) is 2.70. The number of anilines is 2. The summed E-state index contributed by atoms with van der Waals surface area (Å²) in [6.07, 6.45) is 3.17. The number of morpholine rings is 1. The van der Waals surface area contributed by atoms with Gasteiger partial charge in [-0.1, -0.05) is 25.4 Å². The number of hydrogen-bond acceptors (Lipinski definition) is 6. The average Bonchev–Trinajstić information content (AvgIpc) is 2.63. The molecule has 1 aliphatic heterocycles. The number of hydrogen-bond donors (Lipinski definition) is 1. The molecule has 1 N–H and O–H groups in total. The summed E-state index contributed by atoms with van der Waals surface area (Å²) in [5, 5.41) is 3.09. The Morgan fingerprint density at radius 1 is 1.32 bits per heavy atom. The van der Waals surface area contributed by atoms with Crippen LogP contribution in [0.1, 0.15) is 36.1 Å². The Labute approximate surface area is 151 Å².